The van der Waals surface area contributed by atoms with Crippen LogP contribution in [0.15, 0.2) is 154 Å². The van der Waals surface area contributed by atoms with Crippen molar-refractivity contribution in [3.63, 3.8) is 0 Å². The van der Waals surface area contributed by atoms with E-state index >= 15 is 0 Å². The number of allylic oxidation sites excluding steroid dienone is 6. The molecule has 3 atom stereocenters. The highest BCUT2D eigenvalue weighted by atomic mass is 79.9. The molecule has 3 aliphatic carbocycles. The summed E-state index contributed by atoms with van der Waals surface area (Å²) in [5.41, 5.74) is 13.7. The lowest BCUT2D eigenvalue weighted by Crippen LogP contribution is -2.28. The van der Waals surface area contributed by atoms with E-state index in [1.165, 1.54) is 55.7 Å². The van der Waals surface area contributed by atoms with E-state index in [1.807, 2.05) is 0 Å². The number of fused-ring (bicyclic) bond motifs is 8. The molecule has 0 amide bonds. The van der Waals surface area contributed by atoms with Gasteiger partial charge in [-0.1, -0.05) is 131 Å². The third kappa shape index (κ3) is 2.92. The van der Waals surface area contributed by atoms with Gasteiger partial charge in [0.05, 0.1) is 15.9 Å². The van der Waals surface area contributed by atoms with Gasteiger partial charge in [0, 0.05) is 10.0 Å². The fourth-order valence-corrected chi connectivity index (χ4v) is 9.08. The number of hydrogen-bond donors (Lipinski definition) is 0. The molecule has 0 N–H and O–H groups in total. The van der Waals surface area contributed by atoms with Gasteiger partial charge in [-0.2, -0.15) is 0 Å². The zero-order chi connectivity index (χ0) is 24.6. The first-order valence-corrected chi connectivity index (χ1v) is 14.5. The summed E-state index contributed by atoms with van der Waals surface area (Å²) in [7, 11) is 0. The summed E-state index contributed by atoms with van der Waals surface area (Å²) in [5.74, 6) is 0. The van der Waals surface area contributed by atoms with Crippen LogP contribution in [0.2, 0.25) is 0 Å². The first-order valence-electron chi connectivity index (χ1n) is 12.8. The van der Waals surface area contributed by atoms with Crippen molar-refractivity contribution < 1.29 is 0 Å². The largest absolute Gasteiger partial charge is 0.136 e. The Kier molecular flexibility index (Phi) is 4.75. The smallest absolute Gasteiger partial charge is 0.0656 e. The van der Waals surface area contributed by atoms with E-state index in [9.17, 15) is 0 Å². The Hall–Kier alpha value is -3.33. The highest BCUT2D eigenvalue weighted by molar-refractivity contribution is 9.10. The van der Waals surface area contributed by atoms with E-state index in [0.29, 0.717) is 5.25 Å². The topological polar surface area (TPSA) is 0 Å². The fraction of sp³-hybridized carbons (Fsp3) is 0.0857. The van der Waals surface area contributed by atoms with Gasteiger partial charge in [-0.25, -0.2) is 0 Å². The van der Waals surface area contributed by atoms with Gasteiger partial charge in [0.2, 0.25) is 0 Å². The van der Waals surface area contributed by atoms with E-state index in [-0.39, 0.29) is 10.7 Å². The molecule has 1 aliphatic heterocycles. The highest BCUT2D eigenvalue weighted by Gasteiger charge is 2.52. The van der Waals surface area contributed by atoms with Crippen molar-refractivity contribution in [1.82, 2.24) is 0 Å². The summed E-state index contributed by atoms with van der Waals surface area (Å²) < 4.78 is 1.16. The Morgan fingerprint density at radius 3 is 2.14 bits per heavy atom. The molecule has 176 valence electrons. The molecule has 0 nitrogen and oxygen atoms in total. The third-order valence-corrected chi connectivity index (χ3v) is 10.5. The Balaban J connectivity index is 1.45. The van der Waals surface area contributed by atoms with E-state index in [1.54, 1.807) is 0 Å². The van der Waals surface area contributed by atoms with Gasteiger partial charge >= 0.3 is 0 Å². The zero-order valence-corrected chi connectivity index (χ0v) is 22.5. The lowest BCUT2D eigenvalue weighted by Gasteiger charge is -2.35. The predicted octanol–water partition coefficient (Wildman–Crippen LogP) is 9.68. The second kappa shape index (κ2) is 8.08. The van der Waals surface area contributed by atoms with Crippen LogP contribution in [0.3, 0.4) is 0 Å². The molecule has 1 spiro atoms. The molecule has 1 saturated heterocycles. The molecule has 3 unspecified atom stereocenters. The maximum absolute atomic E-state index is 3.91. The van der Waals surface area contributed by atoms with Crippen LogP contribution in [-0.2, 0) is 5.41 Å². The third-order valence-electron chi connectivity index (χ3n) is 8.28. The van der Waals surface area contributed by atoms with Gasteiger partial charge in [-0.15, -0.1) is 11.8 Å². The predicted molar refractivity (Wildman–Crippen MR) is 159 cm³/mol. The summed E-state index contributed by atoms with van der Waals surface area (Å²) in [4.78, 5) is 0. The maximum Gasteiger partial charge on any atom is 0.0656 e. The van der Waals surface area contributed by atoms with Crippen LogP contribution >= 0.6 is 27.7 Å². The van der Waals surface area contributed by atoms with Crippen LogP contribution in [0, 0.1) is 0 Å². The van der Waals surface area contributed by atoms with Crippen molar-refractivity contribution in [2.24, 2.45) is 0 Å². The van der Waals surface area contributed by atoms with E-state index in [0.717, 1.165) is 4.47 Å². The van der Waals surface area contributed by atoms with Crippen molar-refractivity contribution in [2.75, 3.05) is 0 Å². The molecule has 0 saturated carbocycles. The SMILES string of the molecule is Brc1cccc2c1-c1ccccc1C21C=CC=C2C=C3C(=C21)C(c1ccccc1)SC3c1ccccc1. The fourth-order valence-electron chi connectivity index (χ4n) is 6.87. The average molecular weight is 556 g/mol. The molecule has 1 heterocycles. The molecule has 1 fully saturated rings. The minimum Gasteiger partial charge on any atom is -0.136 e. The molecule has 8 rings (SSSR count). The van der Waals surface area contributed by atoms with Crippen molar-refractivity contribution in [2.45, 2.75) is 15.9 Å². The molecule has 0 aromatic heterocycles. The van der Waals surface area contributed by atoms with Crippen LogP contribution < -0.4 is 0 Å². The van der Waals surface area contributed by atoms with Crippen LogP contribution in [0.5, 0.6) is 0 Å². The Morgan fingerprint density at radius 2 is 1.35 bits per heavy atom. The van der Waals surface area contributed by atoms with Crippen molar-refractivity contribution in [3.05, 3.63) is 176 Å². The summed E-state index contributed by atoms with van der Waals surface area (Å²) in [5, 5.41) is 0.598. The number of rotatable bonds is 2. The molecule has 0 radical (unpaired) electrons. The van der Waals surface area contributed by atoms with Crippen molar-refractivity contribution in [3.8, 4) is 11.1 Å². The Bertz CT molecular complexity index is 1710. The Morgan fingerprint density at radius 1 is 0.676 bits per heavy atom. The lowest BCUT2D eigenvalue weighted by atomic mass is 9.66. The molecule has 2 heteroatoms. The van der Waals surface area contributed by atoms with Gasteiger partial charge in [0.25, 0.3) is 0 Å². The minimum absolute atomic E-state index is 0.283. The van der Waals surface area contributed by atoms with Gasteiger partial charge in [0.15, 0.2) is 0 Å². The van der Waals surface area contributed by atoms with Crippen LogP contribution in [-0.4, -0.2) is 0 Å². The van der Waals surface area contributed by atoms with Crippen LogP contribution in [0.25, 0.3) is 11.1 Å². The van der Waals surface area contributed by atoms with Crippen LogP contribution in [0.4, 0.5) is 0 Å². The van der Waals surface area contributed by atoms with Crippen molar-refractivity contribution >= 4 is 27.7 Å². The lowest BCUT2D eigenvalue weighted by molar-refractivity contribution is 0.776. The Labute approximate surface area is 230 Å². The second-order valence-electron chi connectivity index (χ2n) is 10.1. The van der Waals surface area contributed by atoms with Gasteiger partial charge in [0.1, 0.15) is 0 Å². The molecular weight excluding hydrogens is 532 g/mol. The standard InChI is InChI=1S/C35H23BrS/c36-29-19-9-18-28-30(29)25-16-7-8-17-27(25)35(28)20-10-15-24-21-26-31(32(24)35)34(23-13-5-2-6-14-23)37-33(26)22-11-3-1-4-12-22/h1-21,33-34H. The molecule has 37 heavy (non-hydrogen) atoms. The summed E-state index contributed by atoms with van der Waals surface area (Å²) in [6, 6.07) is 37.8. The molecular formula is C35H23BrS. The van der Waals surface area contributed by atoms with E-state index < -0.39 is 0 Å². The first-order chi connectivity index (χ1) is 18.3. The van der Waals surface area contributed by atoms with Crippen LogP contribution in [0.1, 0.15) is 32.8 Å². The van der Waals surface area contributed by atoms with Gasteiger partial charge in [-0.05, 0) is 62.3 Å². The van der Waals surface area contributed by atoms with Gasteiger partial charge in [-0.3, -0.25) is 0 Å². The van der Waals surface area contributed by atoms with E-state index in [2.05, 4.69) is 155 Å². The quantitative estimate of drug-likeness (QED) is 0.237. The number of halogens is 1. The maximum atomic E-state index is 3.91. The monoisotopic (exact) mass is 554 g/mol. The summed E-state index contributed by atoms with van der Waals surface area (Å²) in [6.45, 7) is 0. The molecule has 4 aromatic carbocycles. The molecule has 0 bridgehead atoms. The highest BCUT2D eigenvalue weighted by Crippen LogP contribution is 2.68. The van der Waals surface area contributed by atoms with Gasteiger partial charge < -0.3 is 0 Å². The minimum atomic E-state index is -0.299. The van der Waals surface area contributed by atoms with Crippen molar-refractivity contribution in [1.29, 1.82) is 0 Å². The number of hydrogen-bond acceptors (Lipinski definition) is 1. The van der Waals surface area contributed by atoms with E-state index in [4.69, 9.17) is 0 Å². The number of thioether (sulfide) groups is 1. The average Bonchev–Trinajstić information content (AvgIpc) is 3.59. The molecule has 4 aromatic rings. The summed E-state index contributed by atoms with van der Waals surface area (Å²) >= 11 is 6.00. The second-order valence-corrected chi connectivity index (χ2v) is 12.2. The first kappa shape index (κ1) is 21.7. The molecule has 4 aliphatic rings. The summed E-state index contributed by atoms with van der Waals surface area (Å²) in [6.07, 6.45) is 9.55. The zero-order valence-electron chi connectivity index (χ0n) is 20.1. The normalized spacial score (nSPS) is 24.5. The number of benzene rings is 4.